The van der Waals surface area contributed by atoms with E-state index in [1.165, 1.54) is 44.2 Å². The highest BCUT2D eigenvalue weighted by Gasteiger charge is 2.33. The van der Waals surface area contributed by atoms with Crippen LogP contribution in [-0.2, 0) is 5.41 Å². The van der Waals surface area contributed by atoms with Gasteiger partial charge in [-0.1, -0.05) is 101 Å². The van der Waals surface area contributed by atoms with E-state index < -0.39 is 0 Å². The van der Waals surface area contributed by atoms with Crippen molar-refractivity contribution in [1.82, 2.24) is 0 Å². The van der Waals surface area contributed by atoms with Crippen molar-refractivity contribution in [3.8, 4) is 11.1 Å². The first kappa shape index (κ1) is 19.2. The van der Waals surface area contributed by atoms with E-state index in [9.17, 15) is 0 Å². The summed E-state index contributed by atoms with van der Waals surface area (Å²) in [5.74, 6) is 0. The van der Waals surface area contributed by atoms with Gasteiger partial charge in [0.05, 0.1) is 0 Å². The average Bonchev–Trinajstić information content (AvgIpc) is 2.63. The van der Waals surface area contributed by atoms with Crippen molar-refractivity contribution in [3.63, 3.8) is 0 Å². The monoisotopic (exact) mass is 332 g/mol. The summed E-state index contributed by atoms with van der Waals surface area (Å²) in [6.45, 7) is 17.1. The molecule has 0 bridgehead atoms. The van der Waals surface area contributed by atoms with E-state index in [0.29, 0.717) is 0 Å². The number of benzene rings is 3. The summed E-state index contributed by atoms with van der Waals surface area (Å²) in [7, 11) is 0. The standard InChI is InChI=1S/C21H20.2C2H6/c1-13-8-9-16-17-7-5-6-15-10-14(2)12-19(20(15)17)21(3,4)18(16)11-13;2*1-2/h5-12H,1-4H3;2*1-2H3. The van der Waals surface area contributed by atoms with Crippen molar-refractivity contribution in [2.45, 2.75) is 60.8 Å². The van der Waals surface area contributed by atoms with E-state index in [4.69, 9.17) is 0 Å². The minimum Gasteiger partial charge on any atom is -0.0683 e. The fourth-order valence-corrected chi connectivity index (χ4v) is 3.85. The molecule has 0 heterocycles. The van der Waals surface area contributed by atoms with Gasteiger partial charge in [-0.15, -0.1) is 0 Å². The second-order valence-electron chi connectivity index (χ2n) is 6.89. The van der Waals surface area contributed by atoms with Gasteiger partial charge in [-0.25, -0.2) is 0 Å². The van der Waals surface area contributed by atoms with Crippen LogP contribution in [0.5, 0.6) is 0 Å². The third-order valence-corrected chi connectivity index (χ3v) is 4.93. The Bertz CT molecular complexity index is 882. The molecule has 1 aliphatic carbocycles. The molecule has 0 unspecified atom stereocenters. The molecule has 0 aromatic heterocycles. The highest BCUT2D eigenvalue weighted by molar-refractivity contribution is 6.03. The molecule has 0 spiro atoms. The summed E-state index contributed by atoms with van der Waals surface area (Å²) in [6, 6.07) is 18.3. The molecule has 0 N–H and O–H groups in total. The molecular formula is C25H32. The van der Waals surface area contributed by atoms with Gasteiger partial charge in [0.15, 0.2) is 0 Å². The zero-order valence-corrected chi connectivity index (χ0v) is 17.1. The first-order valence-corrected chi connectivity index (χ1v) is 9.64. The first-order valence-electron chi connectivity index (χ1n) is 9.64. The van der Waals surface area contributed by atoms with Crippen LogP contribution < -0.4 is 0 Å². The first-order chi connectivity index (χ1) is 12.0. The molecule has 0 saturated carbocycles. The summed E-state index contributed by atoms with van der Waals surface area (Å²) in [6.07, 6.45) is 0. The largest absolute Gasteiger partial charge is 0.0683 e. The Morgan fingerprint density at radius 3 is 1.96 bits per heavy atom. The molecule has 3 aromatic rings. The maximum Gasteiger partial charge on any atom is 0.0159 e. The smallest absolute Gasteiger partial charge is 0.0159 e. The minimum atomic E-state index is 0.0555. The lowest BCUT2D eigenvalue weighted by Gasteiger charge is -2.35. The van der Waals surface area contributed by atoms with E-state index in [0.717, 1.165) is 0 Å². The van der Waals surface area contributed by atoms with Crippen molar-refractivity contribution in [3.05, 3.63) is 70.8 Å². The van der Waals surface area contributed by atoms with Gasteiger partial charge in [0.25, 0.3) is 0 Å². The van der Waals surface area contributed by atoms with Crippen LogP contribution in [0, 0.1) is 13.8 Å². The lowest BCUT2D eigenvalue weighted by molar-refractivity contribution is 0.644. The summed E-state index contributed by atoms with van der Waals surface area (Å²) < 4.78 is 0. The van der Waals surface area contributed by atoms with Gasteiger partial charge in [-0.05, 0) is 46.9 Å². The van der Waals surface area contributed by atoms with Crippen LogP contribution in [0.1, 0.15) is 63.8 Å². The van der Waals surface area contributed by atoms with Crippen LogP contribution in [0.2, 0.25) is 0 Å². The number of rotatable bonds is 0. The average molecular weight is 333 g/mol. The van der Waals surface area contributed by atoms with Gasteiger partial charge in [-0.3, -0.25) is 0 Å². The molecule has 0 nitrogen and oxygen atoms in total. The fourth-order valence-electron chi connectivity index (χ4n) is 3.85. The maximum atomic E-state index is 2.37. The van der Waals surface area contributed by atoms with Gasteiger partial charge in [-0.2, -0.15) is 0 Å². The van der Waals surface area contributed by atoms with E-state index >= 15 is 0 Å². The molecule has 0 radical (unpaired) electrons. The second-order valence-corrected chi connectivity index (χ2v) is 6.89. The molecule has 0 fully saturated rings. The van der Waals surface area contributed by atoms with Crippen molar-refractivity contribution in [2.75, 3.05) is 0 Å². The molecular weight excluding hydrogens is 300 g/mol. The van der Waals surface area contributed by atoms with Crippen molar-refractivity contribution >= 4 is 10.8 Å². The normalized spacial score (nSPS) is 13.1. The third kappa shape index (κ3) is 3.11. The van der Waals surface area contributed by atoms with E-state index in [1.807, 2.05) is 27.7 Å². The fraction of sp³-hybridized carbons (Fsp3) is 0.360. The van der Waals surface area contributed by atoms with Crippen LogP contribution >= 0.6 is 0 Å². The zero-order valence-electron chi connectivity index (χ0n) is 17.1. The van der Waals surface area contributed by atoms with E-state index in [-0.39, 0.29) is 5.41 Å². The lowest BCUT2D eigenvalue weighted by atomic mass is 9.68. The van der Waals surface area contributed by atoms with Crippen LogP contribution in [0.4, 0.5) is 0 Å². The van der Waals surface area contributed by atoms with Crippen LogP contribution in [0.15, 0.2) is 48.5 Å². The molecule has 0 amide bonds. The Morgan fingerprint density at radius 2 is 1.28 bits per heavy atom. The van der Waals surface area contributed by atoms with Gasteiger partial charge < -0.3 is 0 Å². The Kier molecular flexibility index (Phi) is 5.72. The molecule has 3 aromatic carbocycles. The maximum absolute atomic E-state index is 2.37. The molecule has 132 valence electrons. The topological polar surface area (TPSA) is 0 Å². The van der Waals surface area contributed by atoms with Gasteiger partial charge in [0.2, 0.25) is 0 Å². The predicted octanol–water partition coefficient (Wildman–Crippen LogP) is 7.82. The van der Waals surface area contributed by atoms with E-state index in [1.54, 1.807) is 0 Å². The molecule has 1 aliphatic rings. The minimum absolute atomic E-state index is 0.0555. The summed E-state index contributed by atoms with van der Waals surface area (Å²) in [5, 5.41) is 2.80. The van der Waals surface area contributed by atoms with Crippen LogP contribution in [0.25, 0.3) is 21.9 Å². The van der Waals surface area contributed by atoms with Gasteiger partial charge in [0.1, 0.15) is 0 Å². The van der Waals surface area contributed by atoms with Gasteiger partial charge in [0, 0.05) is 5.41 Å². The third-order valence-electron chi connectivity index (χ3n) is 4.93. The number of aryl methyl sites for hydroxylation is 2. The van der Waals surface area contributed by atoms with Crippen molar-refractivity contribution in [1.29, 1.82) is 0 Å². The Balaban J connectivity index is 0.000000528. The highest BCUT2D eigenvalue weighted by atomic mass is 14.4. The highest BCUT2D eigenvalue weighted by Crippen LogP contribution is 2.48. The SMILES string of the molecule is CC.CC.Cc1ccc2c(c1)C(C)(C)c1cc(C)cc3cccc-2c13. The molecule has 0 aliphatic heterocycles. The van der Waals surface area contributed by atoms with Crippen LogP contribution in [-0.4, -0.2) is 0 Å². The summed E-state index contributed by atoms with van der Waals surface area (Å²) in [5.41, 5.74) is 8.44. The number of fused-ring (bicyclic) bond motifs is 2. The van der Waals surface area contributed by atoms with Crippen LogP contribution in [0.3, 0.4) is 0 Å². The Hall–Kier alpha value is -2.08. The lowest BCUT2D eigenvalue weighted by Crippen LogP contribution is -2.24. The number of hydrogen-bond donors (Lipinski definition) is 0. The van der Waals surface area contributed by atoms with E-state index in [2.05, 4.69) is 76.2 Å². The van der Waals surface area contributed by atoms with Crippen molar-refractivity contribution in [2.24, 2.45) is 0 Å². The quantitative estimate of drug-likeness (QED) is 0.393. The Labute approximate surface area is 153 Å². The predicted molar refractivity (Wildman–Crippen MR) is 114 cm³/mol. The summed E-state index contributed by atoms with van der Waals surface area (Å²) in [4.78, 5) is 0. The van der Waals surface area contributed by atoms with Crippen molar-refractivity contribution < 1.29 is 0 Å². The van der Waals surface area contributed by atoms with Gasteiger partial charge >= 0.3 is 0 Å². The molecule has 4 rings (SSSR count). The zero-order chi connectivity index (χ0) is 18.8. The summed E-state index contributed by atoms with van der Waals surface area (Å²) >= 11 is 0. The molecule has 0 atom stereocenters. The number of hydrogen-bond acceptors (Lipinski definition) is 0. The Morgan fingerprint density at radius 1 is 0.640 bits per heavy atom. The second kappa shape index (κ2) is 7.44. The molecule has 25 heavy (non-hydrogen) atoms. The molecule has 0 heteroatoms. The molecule has 0 saturated heterocycles.